The Labute approximate surface area is 107 Å². The molecule has 0 spiro atoms. The van der Waals surface area contributed by atoms with Gasteiger partial charge in [0.1, 0.15) is 10.8 Å². The molecule has 0 aliphatic rings. The maximum Gasteiger partial charge on any atom is 0.135 e. The lowest BCUT2D eigenvalue weighted by molar-refractivity contribution is 0.295. The molecule has 3 N–H and O–H groups in total. The van der Waals surface area contributed by atoms with Crippen molar-refractivity contribution in [3.8, 4) is 0 Å². The van der Waals surface area contributed by atoms with Crippen LogP contribution in [0.25, 0.3) is 0 Å². The minimum absolute atomic E-state index is 0.150. The SMILES string of the molecule is CCCc1nc(CN(CC)CC)sc1C(=N)N. The molecule has 1 rings (SSSR count). The van der Waals surface area contributed by atoms with Crippen LogP contribution in [0.5, 0.6) is 0 Å². The maximum absolute atomic E-state index is 7.57. The molecule has 4 nitrogen and oxygen atoms in total. The molecule has 0 saturated heterocycles. The van der Waals surface area contributed by atoms with Crippen molar-refractivity contribution in [3.63, 3.8) is 0 Å². The van der Waals surface area contributed by atoms with Crippen LogP contribution in [0.15, 0.2) is 0 Å². The fourth-order valence-electron chi connectivity index (χ4n) is 1.72. The van der Waals surface area contributed by atoms with Crippen LogP contribution in [0, 0.1) is 5.41 Å². The lowest BCUT2D eigenvalue weighted by Gasteiger charge is -2.15. The molecule has 0 fully saturated rings. The summed E-state index contributed by atoms with van der Waals surface area (Å²) in [5, 5.41) is 8.65. The summed E-state index contributed by atoms with van der Waals surface area (Å²) in [7, 11) is 0. The number of hydrogen-bond donors (Lipinski definition) is 2. The Bertz CT molecular complexity index is 369. The first-order valence-electron chi connectivity index (χ1n) is 6.17. The van der Waals surface area contributed by atoms with Crippen LogP contribution in [-0.2, 0) is 13.0 Å². The standard InChI is InChI=1S/C12H22N4S/c1-4-7-9-11(12(13)14)17-10(15-9)8-16(5-2)6-3/h4-8H2,1-3H3,(H3,13,14). The Hall–Kier alpha value is -0.940. The zero-order chi connectivity index (χ0) is 12.8. The number of aryl methyl sites for hydroxylation is 1. The van der Waals surface area contributed by atoms with Crippen molar-refractivity contribution in [2.45, 2.75) is 40.2 Å². The maximum atomic E-state index is 7.57. The molecule has 1 heterocycles. The molecule has 0 saturated carbocycles. The molecule has 96 valence electrons. The smallest absolute Gasteiger partial charge is 0.135 e. The van der Waals surface area contributed by atoms with Gasteiger partial charge in [-0.25, -0.2) is 4.98 Å². The van der Waals surface area contributed by atoms with Crippen LogP contribution >= 0.6 is 11.3 Å². The van der Waals surface area contributed by atoms with Gasteiger partial charge in [-0.1, -0.05) is 27.2 Å². The van der Waals surface area contributed by atoms with E-state index in [2.05, 4.69) is 30.7 Å². The normalized spacial score (nSPS) is 11.1. The predicted molar refractivity (Wildman–Crippen MR) is 73.8 cm³/mol. The summed E-state index contributed by atoms with van der Waals surface area (Å²) in [5.41, 5.74) is 6.59. The first kappa shape index (κ1) is 14.1. The zero-order valence-electron chi connectivity index (χ0n) is 10.9. The quantitative estimate of drug-likeness (QED) is 0.579. The number of hydrogen-bond acceptors (Lipinski definition) is 4. The van der Waals surface area contributed by atoms with Gasteiger partial charge < -0.3 is 5.73 Å². The molecule has 0 aliphatic heterocycles. The lowest BCUT2D eigenvalue weighted by Crippen LogP contribution is -2.21. The molecule has 0 atom stereocenters. The van der Waals surface area contributed by atoms with Crippen molar-refractivity contribution >= 4 is 17.2 Å². The first-order valence-corrected chi connectivity index (χ1v) is 6.99. The molecule has 0 unspecified atom stereocenters. The summed E-state index contributed by atoms with van der Waals surface area (Å²) in [6, 6.07) is 0. The summed E-state index contributed by atoms with van der Waals surface area (Å²) in [4.78, 5) is 7.79. The number of nitrogens with one attached hydrogen (secondary N) is 1. The molecule has 0 amide bonds. The molecule has 0 radical (unpaired) electrons. The molecule has 0 aliphatic carbocycles. The fourth-order valence-corrected chi connectivity index (χ4v) is 2.74. The minimum atomic E-state index is 0.150. The largest absolute Gasteiger partial charge is 0.383 e. The van der Waals surface area contributed by atoms with Crippen LogP contribution in [0.2, 0.25) is 0 Å². The van der Waals surface area contributed by atoms with E-state index in [9.17, 15) is 0 Å². The summed E-state index contributed by atoms with van der Waals surface area (Å²) < 4.78 is 0. The molecule has 0 bridgehead atoms. The van der Waals surface area contributed by atoms with Crippen LogP contribution in [0.1, 0.15) is 42.8 Å². The summed E-state index contributed by atoms with van der Waals surface area (Å²) in [5.74, 6) is 0.150. The van der Waals surface area contributed by atoms with Crippen molar-refractivity contribution in [1.29, 1.82) is 5.41 Å². The second-order valence-electron chi connectivity index (χ2n) is 4.01. The van der Waals surface area contributed by atoms with E-state index in [1.165, 1.54) is 0 Å². The number of nitrogen functional groups attached to an aromatic ring is 1. The third-order valence-corrected chi connectivity index (χ3v) is 3.84. The van der Waals surface area contributed by atoms with E-state index < -0.39 is 0 Å². The van der Waals surface area contributed by atoms with Crippen molar-refractivity contribution in [2.75, 3.05) is 13.1 Å². The number of nitrogens with two attached hydrogens (primary N) is 1. The zero-order valence-corrected chi connectivity index (χ0v) is 11.7. The van der Waals surface area contributed by atoms with Crippen molar-refractivity contribution < 1.29 is 0 Å². The molecule has 5 heteroatoms. The van der Waals surface area contributed by atoms with Crippen molar-refractivity contribution in [1.82, 2.24) is 9.88 Å². The van der Waals surface area contributed by atoms with E-state index in [0.717, 1.165) is 48.1 Å². The second-order valence-corrected chi connectivity index (χ2v) is 5.09. The molecular formula is C12H22N4S. The Balaban J connectivity index is 2.87. The van der Waals surface area contributed by atoms with Crippen LogP contribution in [-0.4, -0.2) is 28.8 Å². The molecule has 1 aromatic heterocycles. The average Bonchev–Trinajstić information content (AvgIpc) is 2.69. The van der Waals surface area contributed by atoms with E-state index in [-0.39, 0.29) is 5.84 Å². The Morgan fingerprint density at radius 2 is 2.00 bits per heavy atom. The predicted octanol–water partition coefficient (Wildman–Crippen LogP) is 2.22. The van der Waals surface area contributed by atoms with Gasteiger partial charge in [0.05, 0.1) is 17.1 Å². The van der Waals surface area contributed by atoms with Crippen molar-refractivity contribution in [2.24, 2.45) is 5.73 Å². The minimum Gasteiger partial charge on any atom is -0.383 e. The molecular weight excluding hydrogens is 232 g/mol. The monoisotopic (exact) mass is 254 g/mol. The van der Waals surface area contributed by atoms with E-state index >= 15 is 0 Å². The number of nitrogens with zero attached hydrogens (tertiary/aromatic N) is 2. The molecule has 1 aromatic rings. The highest BCUT2D eigenvalue weighted by Crippen LogP contribution is 2.20. The van der Waals surface area contributed by atoms with Gasteiger partial charge in [-0.3, -0.25) is 10.3 Å². The number of amidine groups is 1. The van der Waals surface area contributed by atoms with E-state index in [1.807, 2.05) is 0 Å². The topological polar surface area (TPSA) is 66.0 Å². The Kier molecular flexibility index (Phi) is 5.58. The van der Waals surface area contributed by atoms with Gasteiger partial charge in [-0.05, 0) is 19.5 Å². The van der Waals surface area contributed by atoms with Gasteiger partial charge in [-0.15, -0.1) is 11.3 Å². The van der Waals surface area contributed by atoms with Gasteiger partial charge in [0.25, 0.3) is 0 Å². The first-order chi connectivity index (χ1) is 8.12. The second kappa shape index (κ2) is 6.71. The molecule has 17 heavy (non-hydrogen) atoms. The number of rotatable bonds is 7. The summed E-state index contributed by atoms with van der Waals surface area (Å²) in [6.07, 6.45) is 1.94. The highest BCUT2D eigenvalue weighted by Gasteiger charge is 2.14. The van der Waals surface area contributed by atoms with Crippen molar-refractivity contribution in [3.05, 3.63) is 15.6 Å². The van der Waals surface area contributed by atoms with Gasteiger partial charge in [0.2, 0.25) is 0 Å². The van der Waals surface area contributed by atoms with E-state index in [4.69, 9.17) is 11.1 Å². The third-order valence-electron chi connectivity index (χ3n) is 2.73. The van der Waals surface area contributed by atoms with Gasteiger partial charge in [0, 0.05) is 0 Å². The van der Waals surface area contributed by atoms with Crippen LogP contribution < -0.4 is 5.73 Å². The number of thiazole rings is 1. The molecule has 0 aromatic carbocycles. The number of aromatic nitrogens is 1. The third kappa shape index (κ3) is 3.78. The van der Waals surface area contributed by atoms with E-state index in [0.29, 0.717) is 0 Å². The van der Waals surface area contributed by atoms with Crippen LogP contribution in [0.3, 0.4) is 0 Å². The van der Waals surface area contributed by atoms with Crippen LogP contribution in [0.4, 0.5) is 0 Å². The highest BCUT2D eigenvalue weighted by atomic mass is 32.1. The summed E-state index contributed by atoms with van der Waals surface area (Å²) in [6.45, 7) is 9.32. The average molecular weight is 254 g/mol. The van der Waals surface area contributed by atoms with Gasteiger partial charge >= 0.3 is 0 Å². The lowest BCUT2D eigenvalue weighted by atomic mass is 10.2. The van der Waals surface area contributed by atoms with E-state index in [1.54, 1.807) is 11.3 Å². The fraction of sp³-hybridized carbons (Fsp3) is 0.667. The highest BCUT2D eigenvalue weighted by molar-refractivity contribution is 7.13. The summed E-state index contributed by atoms with van der Waals surface area (Å²) >= 11 is 1.56. The van der Waals surface area contributed by atoms with Gasteiger partial charge in [-0.2, -0.15) is 0 Å². The Morgan fingerprint density at radius 3 is 2.47 bits per heavy atom. The Morgan fingerprint density at radius 1 is 1.35 bits per heavy atom. The van der Waals surface area contributed by atoms with Gasteiger partial charge in [0.15, 0.2) is 0 Å².